The third-order valence-corrected chi connectivity index (χ3v) is 6.00. The van der Waals surface area contributed by atoms with Crippen LogP contribution in [0.2, 0.25) is 5.02 Å². The van der Waals surface area contributed by atoms with Crippen LogP contribution >= 0.6 is 11.6 Å². The Balaban J connectivity index is 1.68. The van der Waals surface area contributed by atoms with Crippen LogP contribution in [0.25, 0.3) is 21.8 Å². The first-order chi connectivity index (χ1) is 16.6. The minimum atomic E-state index is 0.335. The van der Waals surface area contributed by atoms with Gasteiger partial charge in [-0.05, 0) is 42.3 Å². The number of halogens is 1. The average molecular weight is 475 g/mol. The first kappa shape index (κ1) is 21.8. The lowest BCUT2D eigenvalue weighted by Crippen LogP contribution is -2.09. The van der Waals surface area contributed by atoms with E-state index in [-0.39, 0.29) is 0 Å². The van der Waals surface area contributed by atoms with E-state index in [0.717, 1.165) is 38.6 Å². The summed E-state index contributed by atoms with van der Waals surface area (Å²) in [5, 5.41) is 19.5. The van der Waals surface area contributed by atoms with Crippen molar-refractivity contribution in [3.8, 4) is 5.75 Å². The molecule has 172 valence electrons. The van der Waals surface area contributed by atoms with Gasteiger partial charge in [-0.15, -0.1) is 10.2 Å². The summed E-state index contributed by atoms with van der Waals surface area (Å²) in [4.78, 5) is 9.09. The molecule has 5 aromatic rings. The first-order valence-electron chi connectivity index (χ1n) is 10.8. The van der Waals surface area contributed by atoms with E-state index in [0.29, 0.717) is 41.9 Å². The summed E-state index contributed by atoms with van der Waals surface area (Å²) in [5.74, 6) is 1.56. The summed E-state index contributed by atoms with van der Waals surface area (Å²) in [5.41, 5.74) is 9.97. The van der Waals surface area contributed by atoms with E-state index in [2.05, 4.69) is 25.6 Å². The van der Waals surface area contributed by atoms with Crippen molar-refractivity contribution in [3.63, 3.8) is 0 Å². The molecule has 9 nitrogen and oxygen atoms in total. The van der Waals surface area contributed by atoms with E-state index in [4.69, 9.17) is 27.1 Å². The van der Waals surface area contributed by atoms with E-state index in [1.807, 2.05) is 41.9 Å². The summed E-state index contributed by atoms with van der Waals surface area (Å²) in [6.45, 7) is 3.26. The highest BCUT2D eigenvalue weighted by Crippen LogP contribution is 2.35. The molecular weight excluding hydrogens is 452 g/mol. The minimum Gasteiger partial charge on any atom is -0.495 e. The lowest BCUT2D eigenvalue weighted by atomic mass is 10.0. The van der Waals surface area contributed by atoms with Crippen LogP contribution in [-0.4, -0.2) is 37.1 Å². The molecular formula is C24H23ClN8O. The van der Waals surface area contributed by atoms with Crippen molar-refractivity contribution in [2.75, 3.05) is 18.2 Å². The van der Waals surface area contributed by atoms with Crippen molar-refractivity contribution in [1.82, 2.24) is 29.9 Å². The normalized spacial score (nSPS) is 11.3. The number of nitrogens with one attached hydrogen (secondary N) is 1. The highest BCUT2D eigenvalue weighted by atomic mass is 35.5. The number of rotatable bonds is 7. The number of nitrogens with two attached hydrogens (primary N) is 1. The van der Waals surface area contributed by atoms with Crippen molar-refractivity contribution in [2.24, 2.45) is 0 Å². The SMILES string of the molecule is CCn1ncc2c3c(N)nnc(NCc4ccncc4)c3c(Cc3ccc(OC)c(Cl)c3)nc21. The number of ether oxygens (including phenoxy) is 1. The second-order valence-corrected chi connectivity index (χ2v) is 8.20. The molecule has 0 aliphatic carbocycles. The monoisotopic (exact) mass is 474 g/mol. The van der Waals surface area contributed by atoms with Crippen molar-refractivity contribution in [3.05, 3.63) is 70.8 Å². The van der Waals surface area contributed by atoms with Gasteiger partial charge in [-0.3, -0.25) is 4.98 Å². The van der Waals surface area contributed by atoms with E-state index in [9.17, 15) is 0 Å². The minimum absolute atomic E-state index is 0.335. The number of aryl methyl sites for hydroxylation is 1. The zero-order valence-electron chi connectivity index (χ0n) is 18.8. The predicted molar refractivity (Wildman–Crippen MR) is 133 cm³/mol. The number of anilines is 2. The quantitative estimate of drug-likeness (QED) is 0.360. The highest BCUT2D eigenvalue weighted by molar-refractivity contribution is 6.32. The molecule has 5 rings (SSSR count). The van der Waals surface area contributed by atoms with Gasteiger partial charge in [-0.25, -0.2) is 9.67 Å². The molecule has 0 spiro atoms. The molecule has 0 unspecified atom stereocenters. The van der Waals surface area contributed by atoms with Crippen molar-refractivity contribution in [2.45, 2.75) is 26.4 Å². The predicted octanol–water partition coefficient (Wildman–Crippen LogP) is 4.24. The van der Waals surface area contributed by atoms with Gasteiger partial charge in [0.1, 0.15) is 5.75 Å². The van der Waals surface area contributed by atoms with Crippen LogP contribution in [0.5, 0.6) is 5.75 Å². The number of pyridine rings is 2. The average Bonchev–Trinajstić information content (AvgIpc) is 3.27. The molecule has 0 bridgehead atoms. The van der Waals surface area contributed by atoms with Gasteiger partial charge in [0.15, 0.2) is 17.3 Å². The van der Waals surface area contributed by atoms with Gasteiger partial charge >= 0.3 is 0 Å². The van der Waals surface area contributed by atoms with Gasteiger partial charge in [0.2, 0.25) is 0 Å². The van der Waals surface area contributed by atoms with Crippen molar-refractivity contribution >= 4 is 45.0 Å². The molecule has 0 radical (unpaired) electrons. The number of benzene rings is 1. The fraction of sp³-hybridized carbons (Fsp3) is 0.208. The number of nitrogen functional groups attached to an aromatic ring is 1. The molecule has 0 aliphatic rings. The Bertz CT molecular complexity index is 1490. The molecule has 1 aromatic carbocycles. The molecule has 4 heterocycles. The molecule has 0 aliphatic heterocycles. The fourth-order valence-corrected chi connectivity index (χ4v) is 4.32. The lowest BCUT2D eigenvalue weighted by molar-refractivity contribution is 0.415. The number of methoxy groups -OCH3 is 1. The first-order valence-corrected chi connectivity index (χ1v) is 11.2. The summed E-state index contributed by atoms with van der Waals surface area (Å²) < 4.78 is 7.15. The topological polar surface area (TPSA) is 117 Å². The van der Waals surface area contributed by atoms with Gasteiger partial charge in [0.05, 0.1) is 34.8 Å². The molecule has 0 fully saturated rings. The van der Waals surface area contributed by atoms with Crippen molar-refractivity contribution < 1.29 is 4.74 Å². The summed E-state index contributed by atoms with van der Waals surface area (Å²) >= 11 is 6.39. The smallest absolute Gasteiger partial charge is 0.158 e. The number of aromatic nitrogens is 6. The maximum absolute atomic E-state index is 6.39. The third kappa shape index (κ3) is 3.94. The van der Waals surface area contributed by atoms with Gasteiger partial charge in [-0.2, -0.15) is 5.10 Å². The number of hydrogen-bond acceptors (Lipinski definition) is 8. The largest absolute Gasteiger partial charge is 0.495 e. The molecule has 3 N–H and O–H groups in total. The lowest BCUT2D eigenvalue weighted by Gasteiger charge is -2.14. The van der Waals surface area contributed by atoms with Gasteiger partial charge in [-0.1, -0.05) is 17.7 Å². The number of fused-ring (bicyclic) bond motifs is 3. The molecule has 4 aromatic heterocycles. The highest BCUT2D eigenvalue weighted by Gasteiger charge is 2.20. The number of nitrogens with zero attached hydrogens (tertiary/aromatic N) is 6. The van der Waals surface area contributed by atoms with E-state index < -0.39 is 0 Å². The van der Waals surface area contributed by atoms with Crippen molar-refractivity contribution in [1.29, 1.82) is 0 Å². The molecule has 0 atom stereocenters. The molecule has 0 amide bonds. The Morgan fingerprint density at radius 1 is 1.09 bits per heavy atom. The van der Waals surface area contributed by atoms with Crippen LogP contribution < -0.4 is 15.8 Å². The Hall–Kier alpha value is -3.98. The maximum Gasteiger partial charge on any atom is 0.158 e. The maximum atomic E-state index is 6.39. The van der Waals surface area contributed by atoms with E-state index in [1.54, 1.807) is 25.7 Å². The summed E-state index contributed by atoms with van der Waals surface area (Å²) in [6, 6.07) is 9.61. The second kappa shape index (κ2) is 9.11. The molecule has 0 saturated heterocycles. The second-order valence-electron chi connectivity index (χ2n) is 7.79. The van der Waals surface area contributed by atoms with Crippen LogP contribution in [0.3, 0.4) is 0 Å². The van der Waals surface area contributed by atoms with E-state index >= 15 is 0 Å². The van der Waals surface area contributed by atoms with Gasteiger partial charge in [0, 0.05) is 37.3 Å². The Kier molecular flexibility index (Phi) is 5.85. The third-order valence-electron chi connectivity index (χ3n) is 5.71. The summed E-state index contributed by atoms with van der Waals surface area (Å²) in [6.07, 6.45) is 5.81. The number of hydrogen-bond donors (Lipinski definition) is 2. The van der Waals surface area contributed by atoms with E-state index in [1.165, 1.54) is 0 Å². The zero-order valence-corrected chi connectivity index (χ0v) is 19.5. The van der Waals surface area contributed by atoms with Gasteiger partial charge in [0.25, 0.3) is 0 Å². The molecule has 34 heavy (non-hydrogen) atoms. The van der Waals surface area contributed by atoms with Crippen LogP contribution in [-0.2, 0) is 19.5 Å². The molecule has 10 heteroatoms. The molecule has 0 saturated carbocycles. The Morgan fingerprint density at radius 2 is 1.91 bits per heavy atom. The Labute approximate surface area is 200 Å². The summed E-state index contributed by atoms with van der Waals surface area (Å²) in [7, 11) is 1.60. The standard InChI is InChI=1S/C24H23ClN8O/c1-3-33-24-16(13-29-33)20-21(18(30-24)11-15-4-5-19(34-2)17(25)10-15)23(32-31-22(20)26)28-12-14-6-8-27-9-7-14/h4-10,13H,3,11-12H2,1-2H3,(H2,26,31)(H,28,32). The van der Waals surface area contributed by atoms with Crippen LogP contribution in [0, 0.1) is 0 Å². The Morgan fingerprint density at radius 3 is 2.65 bits per heavy atom. The van der Waals surface area contributed by atoms with Crippen LogP contribution in [0.15, 0.2) is 48.9 Å². The van der Waals surface area contributed by atoms with Crippen LogP contribution in [0.1, 0.15) is 23.7 Å². The zero-order chi connectivity index (χ0) is 23.7. The van der Waals surface area contributed by atoms with Crippen LogP contribution in [0.4, 0.5) is 11.6 Å². The fourth-order valence-electron chi connectivity index (χ4n) is 4.04. The van der Waals surface area contributed by atoms with Gasteiger partial charge < -0.3 is 15.8 Å².